The van der Waals surface area contributed by atoms with E-state index in [4.69, 9.17) is 4.74 Å². The molecule has 0 aliphatic carbocycles. The molecule has 0 saturated heterocycles. The number of aromatic nitrogens is 2. The minimum Gasteiger partial charge on any atom is -0.454 e. The topological polar surface area (TPSA) is 44.1 Å². The number of ether oxygens (including phenoxy) is 1. The Labute approximate surface area is 145 Å². The number of esters is 1. The van der Waals surface area contributed by atoms with Crippen molar-refractivity contribution in [1.82, 2.24) is 9.55 Å². The SMILES string of the molecule is O=C(C=Cc1ccc(F)cc1)OCc1nccn1Cc1ccccc1. The summed E-state index contributed by atoms with van der Waals surface area (Å²) in [7, 11) is 0. The Morgan fingerprint density at radius 3 is 2.64 bits per heavy atom. The van der Waals surface area contributed by atoms with Crippen LogP contribution >= 0.6 is 0 Å². The van der Waals surface area contributed by atoms with Crippen molar-refractivity contribution in [2.75, 3.05) is 0 Å². The number of imidazole rings is 1. The van der Waals surface area contributed by atoms with E-state index in [1.54, 1.807) is 24.4 Å². The normalized spacial score (nSPS) is 10.9. The van der Waals surface area contributed by atoms with Crippen molar-refractivity contribution in [1.29, 1.82) is 0 Å². The largest absolute Gasteiger partial charge is 0.454 e. The number of carbonyl (C=O) groups excluding carboxylic acids is 1. The molecule has 0 bridgehead atoms. The van der Waals surface area contributed by atoms with E-state index in [-0.39, 0.29) is 12.4 Å². The fraction of sp³-hybridized carbons (Fsp3) is 0.100. The van der Waals surface area contributed by atoms with E-state index in [9.17, 15) is 9.18 Å². The van der Waals surface area contributed by atoms with Crippen molar-refractivity contribution in [2.24, 2.45) is 0 Å². The average molecular weight is 336 g/mol. The summed E-state index contributed by atoms with van der Waals surface area (Å²) in [4.78, 5) is 16.1. The van der Waals surface area contributed by atoms with Crippen LogP contribution in [0.5, 0.6) is 0 Å². The lowest BCUT2D eigenvalue weighted by atomic mass is 10.2. The third-order valence-electron chi connectivity index (χ3n) is 3.62. The average Bonchev–Trinajstić information content (AvgIpc) is 3.07. The predicted molar refractivity (Wildman–Crippen MR) is 93.0 cm³/mol. The van der Waals surface area contributed by atoms with Gasteiger partial charge in [0.25, 0.3) is 0 Å². The molecular weight excluding hydrogens is 319 g/mol. The van der Waals surface area contributed by atoms with Gasteiger partial charge < -0.3 is 9.30 Å². The summed E-state index contributed by atoms with van der Waals surface area (Å²) in [6.45, 7) is 0.756. The molecule has 0 aliphatic heterocycles. The van der Waals surface area contributed by atoms with Gasteiger partial charge in [0, 0.05) is 25.0 Å². The molecule has 2 aromatic carbocycles. The molecule has 0 saturated carbocycles. The highest BCUT2D eigenvalue weighted by atomic mass is 19.1. The molecule has 0 N–H and O–H groups in total. The third-order valence-corrected chi connectivity index (χ3v) is 3.62. The van der Waals surface area contributed by atoms with Crippen LogP contribution in [0.1, 0.15) is 17.0 Å². The zero-order valence-corrected chi connectivity index (χ0v) is 13.5. The summed E-state index contributed by atoms with van der Waals surface area (Å²) >= 11 is 0. The maximum atomic E-state index is 12.8. The molecule has 3 aromatic rings. The van der Waals surface area contributed by atoms with E-state index in [1.807, 2.05) is 41.1 Å². The standard InChI is InChI=1S/C20H17FN2O2/c21-18-9-6-16(7-10-18)8-11-20(24)25-15-19-22-12-13-23(19)14-17-4-2-1-3-5-17/h1-13H,14-15H2. The minimum atomic E-state index is -0.474. The smallest absolute Gasteiger partial charge is 0.331 e. The second-order valence-corrected chi connectivity index (χ2v) is 5.45. The van der Waals surface area contributed by atoms with Gasteiger partial charge >= 0.3 is 5.97 Å². The minimum absolute atomic E-state index is 0.0897. The third kappa shape index (κ3) is 4.88. The van der Waals surface area contributed by atoms with Crippen LogP contribution in [-0.4, -0.2) is 15.5 Å². The van der Waals surface area contributed by atoms with Crippen LogP contribution in [0.15, 0.2) is 73.1 Å². The van der Waals surface area contributed by atoms with Gasteiger partial charge in [0.1, 0.15) is 18.2 Å². The molecule has 0 radical (unpaired) electrons. The maximum Gasteiger partial charge on any atom is 0.331 e. The van der Waals surface area contributed by atoms with Gasteiger partial charge in [-0.2, -0.15) is 0 Å². The Bertz CT molecular complexity index is 855. The Morgan fingerprint density at radius 1 is 1.12 bits per heavy atom. The van der Waals surface area contributed by atoms with Gasteiger partial charge in [-0.15, -0.1) is 0 Å². The molecule has 0 unspecified atom stereocenters. The summed E-state index contributed by atoms with van der Waals surface area (Å²) in [5.41, 5.74) is 1.87. The molecular formula is C20H17FN2O2. The van der Waals surface area contributed by atoms with Crippen LogP contribution in [0, 0.1) is 5.82 Å². The summed E-state index contributed by atoms with van der Waals surface area (Å²) < 4.78 is 20.0. The van der Waals surface area contributed by atoms with Crippen LogP contribution in [0.4, 0.5) is 4.39 Å². The van der Waals surface area contributed by atoms with Crippen molar-refractivity contribution >= 4 is 12.0 Å². The van der Waals surface area contributed by atoms with Crippen molar-refractivity contribution < 1.29 is 13.9 Å². The first-order valence-electron chi connectivity index (χ1n) is 7.85. The lowest BCUT2D eigenvalue weighted by molar-refractivity contribution is -0.139. The molecule has 0 aliphatic rings. The molecule has 0 fully saturated rings. The quantitative estimate of drug-likeness (QED) is 0.508. The molecule has 126 valence electrons. The Balaban J connectivity index is 1.56. The van der Waals surface area contributed by atoms with Crippen molar-refractivity contribution in [3.8, 4) is 0 Å². The number of carbonyl (C=O) groups is 1. The van der Waals surface area contributed by atoms with Crippen molar-refractivity contribution in [3.05, 3.63) is 95.8 Å². The van der Waals surface area contributed by atoms with Crippen LogP contribution in [-0.2, 0) is 22.7 Å². The second-order valence-electron chi connectivity index (χ2n) is 5.45. The number of hydrogen-bond donors (Lipinski definition) is 0. The number of nitrogens with zero attached hydrogens (tertiary/aromatic N) is 2. The number of rotatable bonds is 6. The molecule has 0 amide bonds. The maximum absolute atomic E-state index is 12.8. The monoisotopic (exact) mass is 336 g/mol. The van der Waals surface area contributed by atoms with Crippen LogP contribution in [0.2, 0.25) is 0 Å². The van der Waals surface area contributed by atoms with Crippen molar-refractivity contribution in [3.63, 3.8) is 0 Å². The highest BCUT2D eigenvalue weighted by Gasteiger charge is 2.06. The Morgan fingerprint density at radius 2 is 1.88 bits per heavy atom. The summed E-state index contributed by atoms with van der Waals surface area (Å²) in [6, 6.07) is 15.8. The van der Waals surface area contributed by atoms with Gasteiger partial charge in [0.2, 0.25) is 0 Å². The highest BCUT2D eigenvalue weighted by Crippen LogP contribution is 2.08. The van der Waals surface area contributed by atoms with Crippen LogP contribution in [0.3, 0.4) is 0 Å². The van der Waals surface area contributed by atoms with Gasteiger partial charge in [-0.05, 0) is 29.3 Å². The molecule has 25 heavy (non-hydrogen) atoms. The fourth-order valence-corrected chi connectivity index (χ4v) is 2.33. The first-order valence-corrected chi connectivity index (χ1v) is 7.85. The van der Waals surface area contributed by atoms with Gasteiger partial charge in [0.05, 0.1) is 0 Å². The molecule has 0 spiro atoms. The zero-order chi connectivity index (χ0) is 17.5. The molecule has 1 aromatic heterocycles. The van der Waals surface area contributed by atoms with E-state index in [1.165, 1.54) is 18.2 Å². The van der Waals surface area contributed by atoms with E-state index >= 15 is 0 Å². The molecule has 4 nitrogen and oxygen atoms in total. The first kappa shape index (κ1) is 16.6. The molecule has 3 rings (SSSR count). The van der Waals surface area contributed by atoms with E-state index < -0.39 is 5.97 Å². The van der Waals surface area contributed by atoms with Crippen molar-refractivity contribution in [2.45, 2.75) is 13.2 Å². The van der Waals surface area contributed by atoms with Gasteiger partial charge in [-0.1, -0.05) is 42.5 Å². The Kier molecular flexibility index (Phi) is 5.36. The van der Waals surface area contributed by atoms with Crippen LogP contribution < -0.4 is 0 Å². The lowest BCUT2D eigenvalue weighted by Gasteiger charge is -2.08. The van der Waals surface area contributed by atoms with E-state index in [0.717, 1.165) is 11.1 Å². The molecule has 5 heteroatoms. The summed E-state index contributed by atoms with van der Waals surface area (Å²) in [5.74, 6) is -0.115. The number of halogens is 1. The summed E-state index contributed by atoms with van der Waals surface area (Å²) in [6.07, 6.45) is 6.43. The van der Waals surface area contributed by atoms with Crippen LogP contribution in [0.25, 0.3) is 6.08 Å². The molecule has 1 heterocycles. The molecule has 0 atom stereocenters. The fourth-order valence-electron chi connectivity index (χ4n) is 2.33. The summed E-state index contributed by atoms with van der Waals surface area (Å²) in [5, 5.41) is 0. The number of benzene rings is 2. The highest BCUT2D eigenvalue weighted by molar-refractivity contribution is 5.86. The first-order chi connectivity index (χ1) is 12.2. The number of hydrogen-bond acceptors (Lipinski definition) is 3. The Hall–Kier alpha value is -3.21. The zero-order valence-electron chi connectivity index (χ0n) is 13.5. The lowest BCUT2D eigenvalue weighted by Crippen LogP contribution is -2.08. The van der Waals surface area contributed by atoms with Gasteiger partial charge in [0.15, 0.2) is 0 Å². The van der Waals surface area contributed by atoms with E-state index in [0.29, 0.717) is 12.4 Å². The van der Waals surface area contributed by atoms with Gasteiger partial charge in [-0.25, -0.2) is 14.2 Å². The van der Waals surface area contributed by atoms with Gasteiger partial charge in [-0.3, -0.25) is 0 Å². The van der Waals surface area contributed by atoms with E-state index in [2.05, 4.69) is 4.98 Å². The predicted octanol–water partition coefficient (Wildman–Crippen LogP) is 3.83. The second kappa shape index (κ2) is 8.06.